The number of amides is 1. The van der Waals surface area contributed by atoms with E-state index in [1.165, 1.54) is 22.3 Å². The van der Waals surface area contributed by atoms with Crippen LogP contribution in [0.15, 0.2) is 66.7 Å². The van der Waals surface area contributed by atoms with Crippen LogP contribution in [0.4, 0.5) is 4.79 Å². The highest BCUT2D eigenvalue weighted by Gasteiger charge is 2.41. The lowest BCUT2D eigenvalue weighted by Gasteiger charge is -2.35. The topological polar surface area (TPSA) is 59.0 Å². The minimum absolute atomic E-state index is 0.0399. The monoisotopic (exact) mass is 441 g/mol. The van der Waals surface area contributed by atoms with Crippen LogP contribution in [0.1, 0.15) is 47.1 Å². The molecule has 5 nitrogen and oxygen atoms in total. The van der Waals surface area contributed by atoms with Crippen molar-refractivity contribution >= 4 is 6.09 Å². The van der Waals surface area contributed by atoms with Gasteiger partial charge in [-0.25, -0.2) is 4.79 Å². The number of nitrogens with zero attached hydrogens (tertiary/aromatic N) is 1. The summed E-state index contributed by atoms with van der Waals surface area (Å²) in [5.74, 6) is 0.287. The highest BCUT2D eigenvalue weighted by molar-refractivity contribution is 5.79. The second kappa shape index (κ2) is 8.23. The summed E-state index contributed by atoms with van der Waals surface area (Å²) in [6.45, 7) is 1.55. The summed E-state index contributed by atoms with van der Waals surface area (Å²) < 4.78 is 12.0. The van der Waals surface area contributed by atoms with E-state index in [1.54, 1.807) is 11.0 Å². The molecule has 2 heterocycles. The van der Waals surface area contributed by atoms with E-state index < -0.39 is 0 Å². The molecule has 3 aliphatic rings. The zero-order chi connectivity index (χ0) is 22.4. The molecule has 3 aromatic carbocycles. The van der Waals surface area contributed by atoms with E-state index in [9.17, 15) is 9.90 Å². The normalized spacial score (nSPS) is 21.4. The quantitative estimate of drug-likeness (QED) is 0.590. The van der Waals surface area contributed by atoms with E-state index >= 15 is 0 Å². The molecule has 0 unspecified atom stereocenters. The second-order valence-electron chi connectivity index (χ2n) is 9.10. The summed E-state index contributed by atoms with van der Waals surface area (Å²) in [5, 5.41) is 10.5. The van der Waals surface area contributed by atoms with Crippen LogP contribution >= 0.6 is 0 Å². The first-order valence-corrected chi connectivity index (χ1v) is 11.8. The first-order valence-electron chi connectivity index (χ1n) is 11.8. The molecule has 168 valence electrons. The van der Waals surface area contributed by atoms with Crippen molar-refractivity contribution in [2.45, 2.75) is 37.3 Å². The molecular weight excluding hydrogens is 414 g/mol. The van der Waals surface area contributed by atoms with Gasteiger partial charge in [0.05, 0.1) is 12.6 Å². The molecular formula is C28H27NO4. The summed E-state index contributed by atoms with van der Waals surface area (Å²) >= 11 is 0. The third kappa shape index (κ3) is 3.39. The predicted molar refractivity (Wildman–Crippen MR) is 125 cm³/mol. The molecule has 5 heteroatoms. The van der Waals surface area contributed by atoms with Crippen molar-refractivity contribution < 1.29 is 19.4 Å². The Bertz CT molecular complexity index is 1160. The van der Waals surface area contributed by atoms with Gasteiger partial charge in [-0.05, 0) is 53.1 Å². The van der Waals surface area contributed by atoms with Crippen LogP contribution < -0.4 is 0 Å². The first kappa shape index (κ1) is 20.3. The maximum atomic E-state index is 13.3. The maximum Gasteiger partial charge on any atom is 0.410 e. The summed E-state index contributed by atoms with van der Waals surface area (Å²) in [7, 11) is 0. The number of aromatic hydroxyl groups is 1. The van der Waals surface area contributed by atoms with Gasteiger partial charge in [-0.15, -0.1) is 0 Å². The number of hydrogen-bond donors (Lipinski definition) is 1. The van der Waals surface area contributed by atoms with Gasteiger partial charge in [0.1, 0.15) is 18.5 Å². The standard InChI is InChI=1S/C28H27NO4/c30-25-13-5-7-18-14-16-32-27(26(18)25)24-12-6-15-29(24)28(31)33-17-23-21-10-3-1-8-19(21)20-9-2-4-11-22(20)23/h1-5,7-11,13,23-24,27,30H,6,12,14-17H2/t24-,27-/m0/s1. The molecule has 0 spiro atoms. The van der Waals surface area contributed by atoms with Crippen LogP contribution in [0.2, 0.25) is 0 Å². The number of carbonyl (C=O) groups excluding carboxylic acids is 1. The third-order valence-corrected chi connectivity index (χ3v) is 7.35. The number of carbonyl (C=O) groups is 1. The van der Waals surface area contributed by atoms with E-state index in [2.05, 4.69) is 36.4 Å². The van der Waals surface area contributed by atoms with Crippen molar-refractivity contribution in [3.63, 3.8) is 0 Å². The average molecular weight is 442 g/mol. The van der Waals surface area contributed by atoms with Gasteiger partial charge in [0.2, 0.25) is 0 Å². The van der Waals surface area contributed by atoms with Crippen LogP contribution in [0, 0.1) is 0 Å². The molecule has 0 aromatic heterocycles. The van der Waals surface area contributed by atoms with E-state index in [4.69, 9.17) is 9.47 Å². The highest BCUT2D eigenvalue weighted by atomic mass is 16.6. The fourth-order valence-electron chi connectivity index (χ4n) is 5.84. The lowest BCUT2D eigenvalue weighted by atomic mass is 9.91. The van der Waals surface area contributed by atoms with Gasteiger partial charge in [0, 0.05) is 18.0 Å². The third-order valence-electron chi connectivity index (χ3n) is 7.35. The number of ether oxygens (including phenoxy) is 2. The average Bonchev–Trinajstić information content (AvgIpc) is 3.46. The minimum Gasteiger partial charge on any atom is -0.508 e. The zero-order valence-corrected chi connectivity index (χ0v) is 18.4. The van der Waals surface area contributed by atoms with Crippen molar-refractivity contribution in [1.82, 2.24) is 4.90 Å². The van der Waals surface area contributed by atoms with Crippen molar-refractivity contribution in [1.29, 1.82) is 0 Å². The molecule has 1 aliphatic carbocycles. The molecule has 2 atom stereocenters. The lowest BCUT2D eigenvalue weighted by Crippen LogP contribution is -2.42. The Hall–Kier alpha value is -3.31. The van der Waals surface area contributed by atoms with Crippen LogP contribution in [-0.4, -0.2) is 41.9 Å². The Labute approximate surface area is 193 Å². The van der Waals surface area contributed by atoms with Gasteiger partial charge >= 0.3 is 6.09 Å². The molecule has 0 radical (unpaired) electrons. The van der Waals surface area contributed by atoms with E-state index in [1.807, 2.05) is 24.3 Å². The summed E-state index contributed by atoms with van der Waals surface area (Å²) in [6.07, 6.45) is 1.89. The fourth-order valence-corrected chi connectivity index (χ4v) is 5.84. The fraction of sp³-hybridized carbons (Fsp3) is 0.321. The Kier molecular flexibility index (Phi) is 5.07. The smallest absolute Gasteiger partial charge is 0.410 e. The molecule has 33 heavy (non-hydrogen) atoms. The van der Waals surface area contributed by atoms with Crippen LogP contribution in [0.25, 0.3) is 11.1 Å². The van der Waals surface area contributed by atoms with Gasteiger partial charge < -0.3 is 19.5 Å². The number of hydrogen-bond acceptors (Lipinski definition) is 4. The lowest BCUT2D eigenvalue weighted by molar-refractivity contribution is -0.0139. The zero-order valence-electron chi connectivity index (χ0n) is 18.4. The number of likely N-dealkylation sites (tertiary alicyclic amines) is 1. The Balaban J connectivity index is 1.22. The van der Waals surface area contributed by atoms with Crippen molar-refractivity contribution in [2.75, 3.05) is 19.8 Å². The Morgan fingerprint density at radius 3 is 2.48 bits per heavy atom. The summed E-state index contributed by atoms with van der Waals surface area (Å²) in [6, 6.07) is 22.2. The predicted octanol–water partition coefficient (Wildman–Crippen LogP) is 5.42. The van der Waals surface area contributed by atoms with E-state index in [-0.39, 0.29) is 29.9 Å². The minimum atomic E-state index is -0.321. The van der Waals surface area contributed by atoms with Crippen molar-refractivity contribution in [3.8, 4) is 16.9 Å². The number of benzene rings is 3. The number of rotatable bonds is 3. The van der Waals surface area contributed by atoms with Crippen molar-refractivity contribution in [2.24, 2.45) is 0 Å². The first-order chi connectivity index (χ1) is 16.2. The highest BCUT2D eigenvalue weighted by Crippen LogP contribution is 2.45. The maximum absolute atomic E-state index is 13.3. The largest absolute Gasteiger partial charge is 0.508 e. The molecule has 1 amide bonds. The molecule has 1 saturated heterocycles. The molecule has 0 saturated carbocycles. The van der Waals surface area contributed by atoms with Gasteiger partial charge in [-0.2, -0.15) is 0 Å². The van der Waals surface area contributed by atoms with Gasteiger partial charge in [-0.3, -0.25) is 0 Å². The molecule has 0 bridgehead atoms. The summed E-state index contributed by atoms with van der Waals surface area (Å²) in [4.78, 5) is 15.1. The second-order valence-corrected chi connectivity index (χ2v) is 9.10. The molecule has 3 aromatic rings. The van der Waals surface area contributed by atoms with Gasteiger partial charge in [0.15, 0.2) is 0 Å². The Morgan fingerprint density at radius 1 is 1.00 bits per heavy atom. The van der Waals surface area contributed by atoms with Crippen LogP contribution in [0.3, 0.4) is 0 Å². The van der Waals surface area contributed by atoms with Crippen molar-refractivity contribution in [3.05, 3.63) is 89.0 Å². The van der Waals surface area contributed by atoms with E-state index in [0.717, 1.165) is 30.4 Å². The number of phenols is 1. The molecule has 2 aliphatic heterocycles. The molecule has 1 fully saturated rings. The van der Waals surface area contributed by atoms with E-state index in [0.29, 0.717) is 19.8 Å². The number of phenolic OH excluding ortho intramolecular Hbond substituents is 1. The SMILES string of the molecule is O=C(OCC1c2ccccc2-c2ccccc21)N1CCC[C@H]1[C@@H]1OCCc2cccc(O)c21. The Morgan fingerprint density at radius 2 is 1.73 bits per heavy atom. The van der Waals surface area contributed by atoms with Gasteiger partial charge in [0.25, 0.3) is 0 Å². The molecule has 1 N–H and O–H groups in total. The van der Waals surface area contributed by atoms with Gasteiger partial charge in [-0.1, -0.05) is 60.7 Å². The summed E-state index contributed by atoms with van der Waals surface area (Å²) in [5.41, 5.74) is 6.78. The van der Waals surface area contributed by atoms with Crippen LogP contribution in [-0.2, 0) is 15.9 Å². The molecule has 6 rings (SSSR count). The number of fused-ring (bicyclic) bond motifs is 4. The van der Waals surface area contributed by atoms with Crippen LogP contribution in [0.5, 0.6) is 5.75 Å².